The minimum Gasteiger partial charge on any atom is -0.489 e. The Hall–Kier alpha value is -1.06. The molecule has 4 N–H and O–H groups in total. The monoisotopic (exact) mass is 138 g/mol. The minimum absolute atomic E-state index is 0.766. The number of nitrogens with two attached hydrogens (primary N) is 2. The highest BCUT2D eigenvalue weighted by Crippen LogP contribution is 2.19. The summed E-state index contributed by atoms with van der Waals surface area (Å²) in [6.07, 6.45) is 0. The van der Waals surface area contributed by atoms with Crippen LogP contribution in [0.3, 0.4) is 0 Å². The van der Waals surface area contributed by atoms with E-state index in [9.17, 15) is 0 Å². The summed E-state index contributed by atoms with van der Waals surface area (Å²) in [7, 11) is 0. The Morgan fingerprint density at radius 3 is 1.80 bits per heavy atom. The van der Waals surface area contributed by atoms with Crippen molar-refractivity contribution >= 4 is 0 Å². The van der Waals surface area contributed by atoms with Crippen molar-refractivity contribution in [3.63, 3.8) is 0 Å². The molecule has 0 unspecified atom stereocenters. The zero-order chi connectivity index (χ0) is 7.40. The first-order chi connectivity index (χ1) is 4.95. The van der Waals surface area contributed by atoms with Gasteiger partial charge in [-0.25, -0.2) is 0 Å². The van der Waals surface area contributed by atoms with Gasteiger partial charge in [-0.2, -0.15) is 0 Å². The molecule has 0 fully saturated rings. The molecule has 0 atom stereocenters. The molecule has 54 valence electrons. The molecule has 0 radical (unpaired) electrons. The topological polar surface area (TPSA) is 61.3 Å². The molecular weight excluding hydrogens is 128 g/mol. The number of benzene rings is 1. The van der Waals surface area contributed by atoms with E-state index in [0.29, 0.717) is 0 Å². The molecule has 10 heavy (non-hydrogen) atoms. The van der Waals surface area contributed by atoms with Gasteiger partial charge in [0, 0.05) is 0 Å². The van der Waals surface area contributed by atoms with Crippen molar-refractivity contribution in [1.82, 2.24) is 0 Å². The Morgan fingerprint density at radius 2 is 1.70 bits per heavy atom. The highest BCUT2D eigenvalue weighted by Gasteiger charge is 2.01. The van der Waals surface area contributed by atoms with Gasteiger partial charge >= 0.3 is 0 Å². The van der Waals surface area contributed by atoms with E-state index in [2.05, 4.69) is 23.8 Å². The normalized spacial score (nSPS) is 11.4. The van der Waals surface area contributed by atoms with Crippen molar-refractivity contribution in [2.45, 2.75) is 6.61 Å². The maximum Gasteiger partial charge on any atom is 0.119 e. The van der Waals surface area contributed by atoms with Crippen LogP contribution in [0.25, 0.3) is 0 Å². The first kappa shape index (κ1) is 7.05. The SMILES string of the molecule is NN.c1cc2ccc1CO2. The average Bonchev–Trinajstić information content (AvgIpc) is 2.11. The van der Waals surface area contributed by atoms with Crippen LogP contribution in [0.1, 0.15) is 5.56 Å². The second-order valence-electron chi connectivity index (χ2n) is 1.93. The third kappa shape index (κ3) is 1.26. The lowest BCUT2D eigenvalue weighted by atomic mass is 10.2. The summed E-state index contributed by atoms with van der Waals surface area (Å²) in [5, 5.41) is 0. The highest BCUT2D eigenvalue weighted by molar-refractivity contribution is 5.30. The molecule has 2 bridgehead atoms. The van der Waals surface area contributed by atoms with E-state index in [1.165, 1.54) is 5.56 Å². The summed E-state index contributed by atoms with van der Waals surface area (Å²) in [4.78, 5) is 0. The molecule has 2 heterocycles. The molecule has 2 aliphatic rings. The Labute approximate surface area is 59.6 Å². The molecule has 0 saturated carbocycles. The average molecular weight is 138 g/mol. The molecule has 0 spiro atoms. The van der Waals surface area contributed by atoms with Gasteiger partial charge in [0.15, 0.2) is 0 Å². The Bertz CT molecular complexity index is 172. The molecule has 0 aromatic heterocycles. The molecular formula is C7H10N2O. The van der Waals surface area contributed by atoms with Gasteiger partial charge < -0.3 is 4.74 Å². The predicted molar refractivity (Wildman–Crippen MR) is 39.1 cm³/mol. The van der Waals surface area contributed by atoms with E-state index in [0.717, 1.165) is 12.4 Å². The van der Waals surface area contributed by atoms with Crippen molar-refractivity contribution in [2.75, 3.05) is 0 Å². The van der Waals surface area contributed by atoms with Crippen LogP contribution in [0.15, 0.2) is 24.3 Å². The Balaban J connectivity index is 0.000000231. The lowest BCUT2D eigenvalue weighted by molar-refractivity contribution is 0.295. The van der Waals surface area contributed by atoms with Crippen LogP contribution in [0.2, 0.25) is 0 Å². The van der Waals surface area contributed by atoms with Gasteiger partial charge in [-0.15, -0.1) is 0 Å². The fourth-order valence-corrected chi connectivity index (χ4v) is 0.849. The first-order valence-corrected chi connectivity index (χ1v) is 3.00. The zero-order valence-electron chi connectivity index (χ0n) is 5.58. The van der Waals surface area contributed by atoms with Gasteiger partial charge in [0.1, 0.15) is 12.4 Å². The highest BCUT2D eigenvalue weighted by atomic mass is 16.5. The van der Waals surface area contributed by atoms with Crippen LogP contribution in [0, 0.1) is 0 Å². The van der Waals surface area contributed by atoms with E-state index in [1.807, 2.05) is 12.1 Å². The lowest BCUT2D eigenvalue weighted by Gasteiger charge is -2.11. The molecule has 3 nitrogen and oxygen atoms in total. The van der Waals surface area contributed by atoms with Gasteiger partial charge in [0.2, 0.25) is 0 Å². The lowest BCUT2D eigenvalue weighted by Crippen LogP contribution is -2.02. The van der Waals surface area contributed by atoms with Gasteiger partial charge in [-0.1, -0.05) is 12.1 Å². The Kier molecular flexibility index (Phi) is 2.25. The summed E-state index contributed by atoms with van der Waals surface area (Å²) in [6, 6.07) is 8.13. The van der Waals surface area contributed by atoms with E-state index in [-0.39, 0.29) is 0 Å². The second-order valence-corrected chi connectivity index (χ2v) is 1.93. The van der Waals surface area contributed by atoms with Gasteiger partial charge in [0.05, 0.1) is 0 Å². The quantitative estimate of drug-likeness (QED) is 0.403. The molecule has 1 aromatic rings. The van der Waals surface area contributed by atoms with E-state index < -0.39 is 0 Å². The predicted octanol–water partition coefficient (Wildman–Crippen LogP) is 0.398. The van der Waals surface area contributed by atoms with Crippen molar-refractivity contribution in [1.29, 1.82) is 0 Å². The maximum absolute atomic E-state index is 5.18. The first-order valence-electron chi connectivity index (χ1n) is 3.00. The molecule has 0 aliphatic carbocycles. The van der Waals surface area contributed by atoms with Crippen molar-refractivity contribution in [3.05, 3.63) is 29.8 Å². The summed E-state index contributed by atoms with van der Waals surface area (Å²) in [5.41, 5.74) is 1.26. The van der Waals surface area contributed by atoms with E-state index >= 15 is 0 Å². The fourth-order valence-electron chi connectivity index (χ4n) is 0.849. The number of hydrogen-bond donors (Lipinski definition) is 2. The molecule has 1 aromatic carbocycles. The van der Waals surface area contributed by atoms with Crippen LogP contribution in [-0.4, -0.2) is 0 Å². The standard InChI is InChI=1S/C7H6O.H4N2/c1-3-7-4-2-6(1)5-8-7;1-2/h1-4H,5H2;1-2H2. The third-order valence-corrected chi connectivity index (χ3v) is 1.33. The number of hydrazine groups is 1. The summed E-state index contributed by atoms with van der Waals surface area (Å²) >= 11 is 0. The maximum atomic E-state index is 5.18. The largest absolute Gasteiger partial charge is 0.489 e. The van der Waals surface area contributed by atoms with Gasteiger partial charge in [0.25, 0.3) is 0 Å². The van der Waals surface area contributed by atoms with E-state index in [1.54, 1.807) is 0 Å². The second kappa shape index (κ2) is 3.20. The van der Waals surface area contributed by atoms with Crippen molar-refractivity contribution < 1.29 is 4.74 Å². The van der Waals surface area contributed by atoms with Crippen LogP contribution < -0.4 is 16.4 Å². The Morgan fingerprint density at radius 1 is 1.10 bits per heavy atom. The van der Waals surface area contributed by atoms with Crippen LogP contribution >= 0.6 is 0 Å². The molecule has 3 heteroatoms. The van der Waals surface area contributed by atoms with Crippen molar-refractivity contribution in [2.24, 2.45) is 11.7 Å². The minimum atomic E-state index is 0.766. The smallest absolute Gasteiger partial charge is 0.119 e. The van der Waals surface area contributed by atoms with Gasteiger partial charge in [-0.3, -0.25) is 11.7 Å². The van der Waals surface area contributed by atoms with Crippen LogP contribution in [-0.2, 0) is 6.61 Å². The summed E-state index contributed by atoms with van der Waals surface area (Å²) < 4.78 is 5.18. The van der Waals surface area contributed by atoms with Crippen molar-refractivity contribution in [3.8, 4) is 5.75 Å². The van der Waals surface area contributed by atoms with Gasteiger partial charge in [-0.05, 0) is 17.7 Å². The van der Waals surface area contributed by atoms with Crippen LogP contribution in [0.5, 0.6) is 5.75 Å². The molecule has 0 saturated heterocycles. The summed E-state index contributed by atoms with van der Waals surface area (Å²) in [6.45, 7) is 0.766. The number of ether oxygens (including phenoxy) is 1. The van der Waals surface area contributed by atoms with E-state index in [4.69, 9.17) is 4.74 Å². The fraction of sp³-hybridized carbons (Fsp3) is 0.143. The van der Waals surface area contributed by atoms with Crippen LogP contribution in [0.4, 0.5) is 0 Å². The number of fused-ring (bicyclic) bond motifs is 3. The molecule has 2 aliphatic heterocycles. The molecule has 0 amide bonds. The molecule has 3 rings (SSSR count). The zero-order valence-corrected chi connectivity index (χ0v) is 5.58. The number of rotatable bonds is 0. The third-order valence-electron chi connectivity index (χ3n) is 1.33. The summed E-state index contributed by atoms with van der Waals surface area (Å²) in [5.74, 6) is 8.99. The number of hydrogen-bond acceptors (Lipinski definition) is 3.